The van der Waals surface area contributed by atoms with Gasteiger partial charge in [0.15, 0.2) is 5.69 Å². The minimum absolute atomic E-state index is 0.209. The van der Waals surface area contributed by atoms with E-state index >= 15 is 0 Å². The molecule has 1 aromatic carbocycles. The fourth-order valence-corrected chi connectivity index (χ4v) is 4.76. The highest BCUT2D eigenvalue weighted by atomic mass is 16.5. The van der Waals surface area contributed by atoms with Gasteiger partial charge in [0, 0.05) is 45.8 Å². The maximum Gasteiger partial charge on any atom is 0.310 e. The zero-order chi connectivity index (χ0) is 26.0. The van der Waals surface area contributed by atoms with Crippen molar-refractivity contribution in [3.63, 3.8) is 0 Å². The number of carbonyl (C=O) groups is 2. The predicted octanol–water partition coefficient (Wildman–Crippen LogP) is 2.43. The first kappa shape index (κ1) is 27.1. The molecule has 1 amide bonds. The Morgan fingerprint density at radius 2 is 1.92 bits per heavy atom. The molecule has 0 aliphatic carbocycles. The van der Waals surface area contributed by atoms with Crippen LogP contribution in [0.4, 0.5) is 0 Å². The Morgan fingerprint density at radius 3 is 2.65 bits per heavy atom. The number of nitrogens with zero attached hydrogens (tertiary/aromatic N) is 4. The Labute approximate surface area is 218 Å². The number of ether oxygens (including phenoxy) is 3. The number of aromatic nitrogens is 1. The normalized spacial score (nSPS) is 18.7. The van der Waals surface area contributed by atoms with E-state index in [0.29, 0.717) is 38.7 Å². The average molecular weight is 515 g/mol. The van der Waals surface area contributed by atoms with Gasteiger partial charge in [0.2, 0.25) is 5.89 Å². The third-order valence-electron chi connectivity index (χ3n) is 6.86. The fraction of sp³-hybridized carbons (Fsp3) is 0.593. The van der Waals surface area contributed by atoms with Crippen LogP contribution in [0.5, 0.6) is 5.75 Å². The molecule has 3 heterocycles. The van der Waals surface area contributed by atoms with Crippen molar-refractivity contribution in [2.45, 2.75) is 32.9 Å². The number of rotatable bonds is 11. The highest BCUT2D eigenvalue weighted by molar-refractivity contribution is 5.92. The summed E-state index contributed by atoms with van der Waals surface area (Å²) in [7, 11) is 1.66. The van der Waals surface area contributed by atoms with Crippen LogP contribution in [0.25, 0.3) is 0 Å². The molecule has 0 radical (unpaired) electrons. The molecule has 10 heteroatoms. The van der Waals surface area contributed by atoms with Gasteiger partial charge in [-0.2, -0.15) is 0 Å². The second-order valence-corrected chi connectivity index (χ2v) is 9.48. The van der Waals surface area contributed by atoms with Gasteiger partial charge in [0.05, 0.1) is 39.4 Å². The van der Waals surface area contributed by atoms with E-state index in [1.54, 1.807) is 18.9 Å². The van der Waals surface area contributed by atoms with E-state index in [1.165, 1.54) is 6.26 Å². The zero-order valence-corrected chi connectivity index (χ0v) is 21.9. The number of esters is 1. The van der Waals surface area contributed by atoms with Gasteiger partial charge in [0.1, 0.15) is 12.0 Å². The Balaban J connectivity index is 1.39. The SMILES string of the molecule is CCOC(=O)C1CCCN(C(=O)c2coc(CN(CCN3CCOCC3)Cc3ccc(OC)cc3)n2)C1. The molecule has 2 aromatic rings. The fourth-order valence-electron chi connectivity index (χ4n) is 4.76. The first-order valence-corrected chi connectivity index (χ1v) is 13.1. The monoisotopic (exact) mass is 514 g/mol. The second-order valence-electron chi connectivity index (χ2n) is 9.48. The number of hydrogen-bond acceptors (Lipinski definition) is 9. The Hall–Kier alpha value is -2.95. The molecule has 2 fully saturated rings. The van der Waals surface area contributed by atoms with Crippen molar-refractivity contribution in [2.24, 2.45) is 5.92 Å². The maximum atomic E-state index is 13.1. The van der Waals surface area contributed by atoms with Gasteiger partial charge >= 0.3 is 5.97 Å². The number of methoxy groups -OCH3 is 1. The lowest BCUT2D eigenvalue weighted by Gasteiger charge is -2.30. The smallest absolute Gasteiger partial charge is 0.310 e. The molecule has 202 valence electrons. The molecule has 10 nitrogen and oxygen atoms in total. The van der Waals surface area contributed by atoms with E-state index in [2.05, 4.69) is 26.9 Å². The third kappa shape index (κ3) is 7.77. The molecular formula is C27H38N4O6. The standard InChI is InChI=1S/C27H38N4O6/c1-3-36-27(33)22-5-4-10-31(18-22)26(32)24-20-37-25(28-24)19-30(12-11-29-13-15-35-16-14-29)17-21-6-8-23(34-2)9-7-21/h6-9,20,22H,3-5,10-19H2,1-2H3. The molecule has 2 saturated heterocycles. The van der Waals surface area contributed by atoms with Crippen LogP contribution < -0.4 is 4.74 Å². The van der Waals surface area contributed by atoms with Crippen molar-refractivity contribution in [3.8, 4) is 5.75 Å². The minimum atomic E-state index is -0.288. The molecule has 1 unspecified atom stereocenters. The molecular weight excluding hydrogens is 476 g/mol. The summed E-state index contributed by atoms with van der Waals surface area (Å²) < 4.78 is 21.7. The molecule has 0 saturated carbocycles. The van der Waals surface area contributed by atoms with Gasteiger partial charge in [-0.25, -0.2) is 4.98 Å². The van der Waals surface area contributed by atoms with Gasteiger partial charge < -0.3 is 23.5 Å². The van der Waals surface area contributed by atoms with E-state index in [0.717, 1.165) is 63.5 Å². The highest BCUT2D eigenvalue weighted by Crippen LogP contribution is 2.21. The zero-order valence-electron chi connectivity index (χ0n) is 21.9. The summed E-state index contributed by atoms with van der Waals surface area (Å²) in [6.45, 7) is 9.39. The van der Waals surface area contributed by atoms with Crippen molar-refractivity contribution in [2.75, 3.05) is 66.2 Å². The van der Waals surface area contributed by atoms with Gasteiger partial charge in [-0.05, 0) is 37.5 Å². The summed E-state index contributed by atoms with van der Waals surface area (Å²) in [6, 6.07) is 8.03. The van der Waals surface area contributed by atoms with Gasteiger partial charge in [-0.1, -0.05) is 12.1 Å². The van der Waals surface area contributed by atoms with E-state index in [9.17, 15) is 9.59 Å². The van der Waals surface area contributed by atoms with Gasteiger partial charge in [0.25, 0.3) is 5.91 Å². The lowest BCUT2D eigenvalue weighted by Crippen LogP contribution is -2.43. The molecule has 1 atom stereocenters. The molecule has 4 rings (SSSR count). The molecule has 1 aromatic heterocycles. The Bertz CT molecular complexity index is 1000. The number of amides is 1. The summed E-state index contributed by atoms with van der Waals surface area (Å²) in [5.74, 6) is 0.582. The maximum absolute atomic E-state index is 13.1. The molecule has 37 heavy (non-hydrogen) atoms. The molecule has 2 aliphatic heterocycles. The minimum Gasteiger partial charge on any atom is -0.497 e. The number of carbonyl (C=O) groups excluding carboxylic acids is 2. The van der Waals surface area contributed by atoms with Crippen molar-refractivity contribution in [3.05, 3.63) is 47.7 Å². The highest BCUT2D eigenvalue weighted by Gasteiger charge is 2.31. The Morgan fingerprint density at radius 1 is 1.14 bits per heavy atom. The lowest BCUT2D eigenvalue weighted by molar-refractivity contribution is -0.149. The molecule has 0 spiro atoms. The summed E-state index contributed by atoms with van der Waals surface area (Å²) in [4.78, 5) is 36.2. The lowest BCUT2D eigenvalue weighted by atomic mass is 9.98. The average Bonchev–Trinajstić information content (AvgIpc) is 3.41. The number of hydrogen-bond donors (Lipinski definition) is 0. The Kier molecular flexibility index (Phi) is 9.92. The van der Waals surface area contributed by atoms with Gasteiger partial charge in [-0.3, -0.25) is 19.4 Å². The van der Waals surface area contributed by atoms with Crippen LogP contribution in [-0.2, 0) is 27.4 Å². The number of oxazole rings is 1. The van der Waals surface area contributed by atoms with E-state index < -0.39 is 0 Å². The molecule has 0 bridgehead atoms. The van der Waals surface area contributed by atoms with Crippen molar-refractivity contribution >= 4 is 11.9 Å². The quantitative estimate of drug-likeness (QED) is 0.419. The van der Waals surface area contributed by atoms with E-state index in [4.69, 9.17) is 18.6 Å². The number of likely N-dealkylation sites (tertiary alicyclic amines) is 1. The van der Waals surface area contributed by atoms with Crippen LogP contribution in [-0.4, -0.2) is 97.8 Å². The van der Waals surface area contributed by atoms with Crippen molar-refractivity contribution < 1.29 is 28.2 Å². The number of morpholine rings is 1. The summed E-state index contributed by atoms with van der Waals surface area (Å²) in [5, 5.41) is 0. The molecule has 2 aliphatic rings. The first-order chi connectivity index (χ1) is 18.1. The van der Waals surface area contributed by atoms with E-state index in [-0.39, 0.29) is 23.5 Å². The van der Waals surface area contributed by atoms with Crippen LogP contribution in [0.1, 0.15) is 41.7 Å². The van der Waals surface area contributed by atoms with Crippen molar-refractivity contribution in [1.29, 1.82) is 0 Å². The van der Waals surface area contributed by atoms with Crippen LogP contribution in [0.15, 0.2) is 34.9 Å². The van der Waals surface area contributed by atoms with Crippen LogP contribution in [0, 0.1) is 5.92 Å². The van der Waals surface area contributed by atoms with E-state index in [1.807, 2.05) is 12.1 Å². The second kappa shape index (κ2) is 13.6. The number of piperidine rings is 1. The van der Waals surface area contributed by atoms with Crippen LogP contribution in [0.3, 0.4) is 0 Å². The summed E-state index contributed by atoms with van der Waals surface area (Å²) >= 11 is 0. The van der Waals surface area contributed by atoms with Crippen LogP contribution in [0.2, 0.25) is 0 Å². The third-order valence-corrected chi connectivity index (χ3v) is 6.86. The topological polar surface area (TPSA) is 97.6 Å². The summed E-state index contributed by atoms with van der Waals surface area (Å²) in [5.41, 5.74) is 1.43. The predicted molar refractivity (Wildman–Crippen MR) is 136 cm³/mol. The first-order valence-electron chi connectivity index (χ1n) is 13.1. The van der Waals surface area contributed by atoms with Crippen LogP contribution >= 0.6 is 0 Å². The molecule has 0 N–H and O–H groups in total. The number of benzene rings is 1. The summed E-state index contributed by atoms with van der Waals surface area (Å²) in [6.07, 6.45) is 2.92. The van der Waals surface area contributed by atoms with Crippen molar-refractivity contribution in [1.82, 2.24) is 19.7 Å². The van der Waals surface area contributed by atoms with Gasteiger partial charge in [-0.15, -0.1) is 0 Å². The largest absolute Gasteiger partial charge is 0.497 e.